The third-order valence-corrected chi connectivity index (χ3v) is 5.28. The molecule has 2 heterocycles. The number of imidazole rings is 1. The summed E-state index contributed by atoms with van der Waals surface area (Å²) >= 11 is 0. The van der Waals surface area contributed by atoms with Crippen molar-refractivity contribution < 1.29 is 23.2 Å². The topological polar surface area (TPSA) is 103 Å². The minimum absolute atomic E-state index is 0.103. The molecule has 1 unspecified atom stereocenters. The summed E-state index contributed by atoms with van der Waals surface area (Å²) < 4.78 is 28.5. The van der Waals surface area contributed by atoms with E-state index in [-0.39, 0.29) is 25.6 Å². The summed E-state index contributed by atoms with van der Waals surface area (Å²) in [5.74, 6) is 0.460. The van der Waals surface area contributed by atoms with Gasteiger partial charge in [0.05, 0.1) is 46.5 Å². The number of benzene rings is 1. The summed E-state index contributed by atoms with van der Waals surface area (Å²) in [5, 5.41) is 0.422. The van der Waals surface area contributed by atoms with Crippen molar-refractivity contribution in [2.45, 2.75) is 24.8 Å². The second-order valence-corrected chi connectivity index (χ2v) is 7.50. The fourth-order valence-electron chi connectivity index (χ4n) is 2.66. The monoisotopic (exact) mass is 417 g/mol. The van der Waals surface area contributed by atoms with E-state index in [0.29, 0.717) is 23.2 Å². The first-order chi connectivity index (χ1) is 14.1. The van der Waals surface area contributed by atoms with E-state index in [2.05, 4.69) is 15.0 Å². The third kappa shape index (κ3) is 5.61. The van der Waals surface area contributed by atoms with E-state index >= 15 is 0 Å². The smallest absolute Gasteiger partial charge is 0.332 e. The molecule has 0 aliphatic heterocycles. The molecular weight excluding hydrogens is 394 g/mol. The number of aromatic amines is 1. The maximum absolute atomic E-state index is 12.7. The third-order valence-electron chi connectivity index (χ3n) is 4.12. The number of para-hydroxylation sites is 2. The van der Waals surface area contributed by atoms with Gasteiger partial charge in [0.2, 0.25) is 0 Å². The van der Waals surface area contributed by atoms with Crippen LogP contribution in [-0.2, 0) is 30.8 Å². The second-order valence-electron chi connectivity index (χ2n) is 6.14. The fourth-order valence-corrected chi connectivity index (χ4v) is 3.76. The lowest BCUT2D eigenvalue weighted by Crippen LogP contribution is -2.16. The molecule has 0 aliphatic rings. The highest BCUT2D eigenvalue weighted by Crippen LogP contribution is 2.22. The van der Waals surface area contributed by atoms with Crippen LogP contribution >= 0.6 is 0 Å². The molecule has 3 aromatic rings. The van der Waals surface area contributed by atoms with Crippen LogP contribution in [0.1, 0.15) is 18.2 Å². The van der Waals surface area contributed by atoms with Crippen LogP contribution in [0.5, 0.6) is 5.75 Å². The summed E-state index contributed by atoms with van der Waals surface area (Å²) in [4.78, 5) is 23.0. The Kier molecular flexibility index (Phi) is 7.31. The average molecular weight is 417 g/mol. The van der Waals surface area contributed by atoms with Gasteiger partial charge in [-0.15, -0.1) is 0 Å². The number of rotatable bonds is 10. The van der Waals surface area contributed by atoms with Crippen LogP contribution in [0.2, 0.25) is 0 Å². The van der Waals surface area contributed by atoms with E-state index < -0.39 is 16.8 Å². The summed E-state index contributed by atoms with van der Waals surface area (Å²) in [5.41, 5.74) is 3.11. The molecule has 0 amide bonds. The van der Waals surface area contributed by atoms with Crippen molar-refractivity contribution in [3.05, 3.63) is 47.8 Å². The largest absolute Gasteiger partial charge is 0.491 e. The van der Waals surface area contributed by atoms with E-state index in [4.69, 9.17) is 14.2 Å². The average Bonchev–Trinajstić information content (AvgIpc) is 3.15. The highest BCUT2D eigenvalue weighted by Gasteiger charge is 2.15. The summed E-state index contributed by atoms with van der Waals surface area (Å²) in [6.07, 6.45) is 1.62. The zero-order valence-electron chi connectivity index (χ0n) is 16.3. The highest BCUT2D eigenvalue weighted by atomic mass is 32.2. The first kappa shape index (κ1) is 20.9. The molecule has 0 aliphatic carbocycles. The second kappa shape index (κ2) is 10.1. The van der Waals surface area contributed by atoms with Gasteiger partial charge in [0.25, 0.3) is 0 Å². The van der Waals surface area contributed by atoms with Crippen molar-refractivity contribution in [2.75, 3.05) is 26.4 Å². The molecule has 0 saturated heterocycles. The van der Waals surface area contributed by atoms with Gasteiger partial charge >= 0.3 is 5.97 Å². The first-order valence-corrected chi connectivity index (χ1v) is 10.5. The summed E-state index contributed by atoms with van der Waals surface area (Å²) in [6, 6.07) is 9.29. The lowest BCUT2D eigenvalue weighted by Gasteiger charge is -2.12. The number of esters is 1. The Hall–Kier alpha value is -2.78. The number of aromatic nitrogens is 3. The molecule has 154 valence electrons. The number of pyridine rings is 1. The maximum atomic E-state index is 12.7. The zero-order valence-corrected chi connectivity index (χ0v) is 17.2. The number of carbonyl (C=O) groups is 1. The molecule has 0 bridgehead atoms. The van der Waals surface area contributed by atoms with Gasteiger partial charge in [-0.3, -0.25) is 9.19 Å². The van der Waals surface area contributed by atoms with Crippen molar-refractivity contribution in [2.24, 2.45) is 0 Å². The molecule has 0 spiro atoms. The van der Waals surface area contributed by atoms with Crippen LogP contribution in [0.25, 0.3) is 11.0 Å². The molecule has 9 heteroatoms. The van der Waals surface area contributed by atoms with Crippen LogP contribution in [0.3, 0.4) is 0 Å². The number of fused-ring (bicyclic) bond motifs is 1. The standard InChI is InChI=1S/C20H23N3O5S/c1-3-27-19(24)12-26-10-11-28-18-8-9-21-17(14(18)2)13-29(25)20-22-15-6-4-5-7-16(15)23-20/h4-9H,3,10-13H2,1-2H3,(H,22,23). The van der Waals surface area contributed by atoms with Gasteiger partial charge in [0.1, 0.15) is 19.0 Å². The van der Waals surface area contributed by atoms with Gasteiger partial charge in [0.15, 0.2) is 5.16 Å². The summed E-state index contributed by atoms with van der Waals surface area (Å²) in [7, 11) is -1.36. The van der Waals surface area contributed by atoms with E-state index in [1.165, 1.54) is 0 Å². The molecule has 0 fully saturated rings. The molecule has 0 radical (unpaired) electrons. The Morgan fingerprint density at radius 3 is 2.83 bits per heavy atom. The number of hydrogen-bond donors (Lipinski definition) is 1. The Balaban J connectivity index is 1.56. The minimum Gasteiger partial charge on any atom is -0.491 e. The van der Waals surface area contributed by atoms with Crippen molar-refractivity contribution in [3.63, 3.8) is 0 Å². The molecule has 1 aromatic carbocycles. The molecule has 1 N–H and O–H groups in total. The Morgan fingerprint density at radius 2 is 2.03 bits per heavy atom. The molecule has 1 atom stereocenters. The van der Waals surface area contributed by atoms with Gasteiger partial charge in [0, 0.05) is 11.8 Å². The van der Waals surface area contributed by atoms with Crippen LogP contribution in [-0.4, -0.2) is 51.6 Å². The van der Waals surface area contributed by atoms with Crippen molar-refractivity contribution in [1.82, 2.24) is 15.0 Å². The number of H-pyrrole nitrogens is 1. The molecule has 2 aromatic heterocycles. The number of nitrogens with one attached hydrogen (secondary N) is 1. The van der Waals surface area contributed by atoms with Crippen LogP contribution in [0, 0.1) is 6.92 Å². The minimum atomic E-state index is -1.36. The lowest BCUT2D eigenvalue weighted by atomic mass is 10.2. The van der Waals surface area contributed by atoms with Crippen LogP contribution in [0.15, 0.2) is 41.7 Å². The molecule has 3 rings (SSSR count). The van der Waals surface area contributed by atoms with Gasteiger partial charge in [-0.2, -0.15) is 0 Å². The Labute approximate surface area is 171 Å². The van der Waals surface area contributed by atoms with E-state index in [0.717, 1.165) is 16.6 Å². The van der Waals surface area contributed by atoms with E-state index in [1.54, 1.807) is 19.2 Å². The summed E-state index contributed by atoms with van der Waals surface area (Å²) in [6.45, 7) is 4.36. The number of carbonyl (C=O) groups excluding carboxylic acids is 1. The fraction of sp³-hybridized carbons (Fsp3) is 0.350. The molecule has 29 heavy (non-hydrogen) atoms. The SMILES string of the molecule is CCOC(=O)COCCOc1ccnc(CS(=O)c2nc3ccccc3[nH]2)c1C. The highest BCUT2D eigenvalue weighted by molar-refractivity contribution is 7.84. The van der Waals surface area contributed by atoms with Crippen molar-refractivity contribution in [3.8, 4) is 5.75 Å². The van der Waals surface area contributed by atoms with Gasteiger partial charge in [-0.05, 0) is 32.0 Å². The van der Waals surface area contributed by atoms with Gasteiger partial charge < -0.3 is 19.2 Å². The molecule has 8 nitrogen and oxygen atoms in total. The van der Waals surface area contributed by atoms with Crippen LogP contribution in [0.4, 0.5) is 0 Å². The van der Waals surface area contributed by atoms with Gasteiger partial charge in [-0.25, -0.2) is 9.78 Å². The first-order valence-electron chi connectivity index (χ1n) is 9.22. The van der Waals surface area contributed by atoms with Crippen molar-refractivity contribution in [1.29, 1.82) is 0 Å². The quantitative estimate of drug-likeness (QED) is 0.399. The van der Waals surface area contributed by atoms with E-state index in [9.17, 15) is 9.00 Å². The van der Waals surface area contributed by atoms with Gasteiger partial charge in [-0.1, -0.05) is 12.1 Å². The van der Waals surface area contributed by atoms with Crippen LogP contribution < -0.4 is 4.74 Å². The number of ether oxygens (including phenoxy) is 3. The predicted octanol–water partition coefficient (Wildman–Crippen LogP) is 2.53. The Morgan fingerprint density at radius 1 is 1.21 bits per heavy atom. The van der Waals surface area contributed by atoms with E-state index in [1.807, 2.05) is 31.2 Å². The number of hydrogen-bond acceptors (Lipinski definition) is 7. The normalized spacial score (nSPS) is 12.1. The lowest BCUT2D eigenvalue weighted by molar-refractivity contribution is -0.148. The zero-order chi connectivity index (χ0) is 20.6. The Bertz CT molecular complexity index is 972. The predicted molar refractivity (Wildman–Crippen MR) is 108 cm³/mol. The molecule has 0 saturated carbocycles. The number of nitrogens with zero attached hydrogens (tertiary/aromatic N) is 2. The maximum Gasteiger partial charge on any atom is 0.332 e. The van der Waals surface area contributed by atoms with Crippen molar-refractivity contribution >= 4 is 27.8 Å². The molecular formula is C20H23N3O5S.